The molecule has 0 radical (unpaired) electrons. The quantitative estimate of drug-likeness (QED) is 0.652. The van der Waals surface area contributed by atoms with Gasteiger partial charge in [0.2, 0.25) is 0 Å². The lowest BCUT2D eigenvalue weighted by molar-refractivity contribution is 0.166. The van der Waals surface area contributed by atoms with Crippen LogP contribution in [0, 0.1) is 0 Å². The van der Waals surface area contributed by atoms with Gasteiger partial charge in [-0.2, -0.15) is 0 Å². The molecule has 3 N–H and O–H groups in total. The molecule has 2 rings (SSSR count). The van der Waals surface area contributed by atoms with Gasteiger partial charge in [0, 0.05) is 12.1 Å². The molecular formula is C16H20N2O4. The zero-order chi connectivity index (χ0) is 15.6. The van der Waals surface area contributed by atoms with Crippen molar-refractivity contribution in [3.63, 3.8) is 0 Å². The minimum absolute atomic E-state index is 0.281. The predicted molar refractivity (Wildman–Crippen MR) is 81.6 cm³/mol. The Balaban J connectivity index is 1.53. The van der Waals surface area contributed by atoms with Crippen molar-refractivity contribution in [2.45, 2.75) is 12.5 Å². The summed E-state index contributed by atoms with van der Waals surface area (Å²) in [5.74, 6) is 0.771. The molecule has 2 aromatic rings. The second kappa shape index (κ2) is 8.74. The fourth-order valence-corrected chi connectivity index (χ4v) is 1.87. The van der Waals surface area contributed by atoms with Gasteiger partial charge in [-0.15, -0.1) is 0 Å². The standard InChI is InChI=1S/C16H20N2O4/c19-15(13-7-10-21-12-13)6-8-17-16(20)18-9-11-22-14-4-2-1-3-5-14/h1-5,7,10,12,15,19H,6,8-9,11H2,(H2,17,18,20)/t15-/m0/s1. The zero-order valence-electron chi connectivity index (χ0n) is 12.2. The van der Waals surface area contributed by atoms with Crippen molar-refractivity contribution in [1.29, 1.82) is 0 Å². The second-order valence-electron chi connectivity index (χ2n) is 4.71. The minimum Gasteiger partial charge on any atom is -0.492 e. The Labute approximate surface area is 129 Å². The molecule has 2 amide bonds. The van der Waals surface area contributed by atoms with Crippen LogP contribution in [-0.4, -0.2) is 30.8 Å². The first kappa shape index (κ1) is 15.9. The Morgan fingerprint density at radius 3 is 2.68 bits per heavy atom. The van der Waals surface area contributed by atoms with Crippen molar-refractivity contribution in [2.24, 2.45) is 0 Å². The number of hydrogen-bond donors (Lipinski definition) is 3. The number of carbonyl (C=O) groups is 1. The highest BCUT2D eigenvalue weighted by Crippen LogP contribution is 2.15. The molecule has 0 aliphatic heterocycles. The van der Waals surface area contributed by atoms with Crippen LogP contribution in [0.2, 0.25) is 0 Å². The molecule has 6 nitrogen and oxygen atoms in total. The van der Waals surface area contributed by atoms with Crippen LogP contribution in [0.5, 0.6) is 5.75 Å². The molecule has 1 aromatic heterocycles. The summed E-state index contributed by atoms with van der Waals surface area (Å²) in [5.41, 5.74) is 0.707. The molecule has 1 aromatic carbocycles. The van der Waals surface area contributed by atoms with Crippen molar-refractivity contribution in [2.75, 3.05) is 19.7 Å². The average Bonchev–Trinajstić information content (AvgIpc) is 3.07. The van der Waals surface area contributed by atoms with Gasteiger partial charge in [0.05, 0.1) is 25.2 Å². The van der Waals surface area contributed by atoms with Crippen molar-refractivity contribution in [3.05, 3.63) is 54.5 Å². The molecule has 0 aliphatic carbocycles. The Kier molecular flexibility index (Phi) is 6.32. The van der Waals surface area contributed by atoms with Crippen LogP contribution in [0.4, 0.5) is 4.79 Å². The smallest absolute Gasteiger partial charge is 0.314 e. The van der Waals surface area contributed by atoms with Crippen molar-refractivity contribution < 1.29 is 19.1 Å². The molecule has 0 bridgehead atoms. The number of aliphatic hydroxyl groups excluding tert-OH is 1. The summed E-state index contributed by atoms with van der Waals surface area (Å²) in [4.78, 5) is 11.5. The highest BCUT2D eigenvalue weighted by Gasteiger charge is 2.09. The SMILES string of the molecule is O=C(NCCOc1ccccc1)NCC[C@H](O)c1ccoc1. The fourth-order valence-electron chi connectivity index (χ4n) is 1.87. The Hall–Kier alpha value is -2.47. The van der Waals surface area contributed by atoms with Crippen LogP contribution in [0.15, 0.2) is 53.3 Å². The van der Waals surface area contributed by atoms with Gasteiger partial charge in [0.1, 0.15) is 12.4 Å². The van der Waals surface area contributed by atoms with Gasteiger partial charge >= 0.3 is 6.03 Å². The number of amides is 2. The molecule has 0 saturated carbocycles. The molecule has 1 heterocycles. The first-order valence-electron chi connectivity index (χ1n) is 7.15. The van der Waals surface area contributed by atoms with Gasteiger partial charge in [-0.25, -0.2) is 4.79 Å². The fraction of sp³-hybridized carbons (Fsp3) is 0.312. The first-order valence-corrected chi connectivity index (χ1v) is 7.15. The molecule has 6 heteroatoms. The van der Waals surface area contributed by atoms with Gasteiger partial charge < -0.3 is 24.9 Å². The molecule has 22 heavy (non-hydrogen) atoms. The summed E-state index contributed by atoms with van der Waals surface area (Å²) in [7, 11) is 0. The van der Waals surface area contributed by atoms with Crippen molar-refractivity contribution >= 4 is 6.03 Å². The van der Waals surface area contributed by atoms with E-state index in [0.29, 0.717) is 31.7 Å². The molecule has 0 saturated heterocycles. The Morgan fingerprint density at radius 2 is 1.95 bits per heavy atom. The predicted octanol–water partition coefficient (Wildman–Crippen LogP) is 2.08. The van der Waals surface area contributed by atoms with Crippen LogP contribution in [-0.2, 0) is 0 Å². The number of para-hydroxylation sites is 1. The lowest BCUT2D eigenvalue weighted by Crippen LogP contribution is -2.38. The van der Waals surface area contributed by atoms with E-state index >= 15 is 0 Å². The number of rotatable bonds is 8. The van der Waals surface area contributed by atoms with E-state index in [-0.39, 0.29) is 6.03 Å². The molecule has 0 spiro atoms. The summed E-state index contributed by atoms with van der Waals surface area (Å²) in [6, 6.07) is 10.8. The number of nitrogens with one attached hydrogen (secondary N) is 2. The monoisotopic (exact) mass is 304 g/mol. The van der Waals surface area contributed by atoms with Gasteiger partial charge in [-0.1, -0.05) is 18.2 Å². The van der Waals surface area contributed by atoms with E-state index in [1.165, 1.54) is 12.5 Å². The maximum absolute atomic E-state index is 11.5. The van der Waals surface area contributed by atoms with E-state index < -0.39 is 6.10 Å². The molecule has 0 unspecified atom stereocenters. The number of carbonyl (C=O) groups excluding carboxylic acids is 1. The van der Waals surface area contributed by atoms with Crippen molar-refractivity contribution in [1.82, 2.24) is 10.6 Å². The summed E-state index contributed by atoms with van der Waals surface area (Å²) >= 11 is 0. The highest BCUT2D eigenvalue weighted by atomic mass is 16.5. The van der Waals surface area contributed by atoms with Gasteiger partial charge in [-0.05, 0) is 24.6 Å². The Bertz CT molecular complexity index is 543. The van der Waals surface area contributed by atoms with Gasteiger partial charge in [0.15, 0.2) is 0 Å². The Morgan fingerprint density at radius 1 is 1.18 bits per heavy atom. The molecule has 1 atom stereocenters. The topological polar surface area (TPSA) is 83.7 Å². The van der Waals surface area contributed by atoms with E-state index in [0.717, 1.165) is 5.75 Å². The zero-order valence-corrected chi connectivity index (χ0v) is 12.2. The summed E-state index contributed by atoms with van der Waals surface area (Å²) in [6.07, 6.45) is 2.78. The normalized spacial score (nSPS) is 11.7. The molecule has 118 valence electrons. The lowest BCUT2D eigenvalue weighted by Gasteiger charge is -2.11. The van der Waals surface area contributed by atoms with Crippen LogP contribution in [0.1, 0.15) is 18.1 Å². The number of benzene rings is 1. The maximum atomic E-state index is 11.5. The molecule has 0 aliphatic rings. The second-order valence-corrected chi connectivity index (χ2v) is 4.71. The minimum atomic E-state index is -0.638. The molecule has 0 fully saturated rings. The number of hydrogen-bond acceptors (Lipinski definition) is 4. The van der Waals surface area contributed by atoms with Gasteiger partial charge in [0.25, 0.3) is 0 Å². The van der Waals surface area contributed by atoms with Gasteiger partial charge in [-0.3, -0.25) is 0 Å². The van der Waals surface area contributed by atoms with Crippen LogP contribution >= 0.6 is 0 Å². The average molecular weight is 304 g/mol. The lowest BCUT2D eigenvalue weighted by atomic mass is 10.1. The van der Waals surface area contributed by atoms with Crippen molar-refractivity contribution in [3.8, 4) is 5.75 Å². The third-order valence-electron chi connectivity index (χ3n) is 3.03. The van der Waals surface area contributed by atoms with Crippen LogP contribution in [0.25, 0.3) is 0 Å². The van der Waals surface area contributed by atoms with E-state index in [1.807, 2.05) is 30.3 Å². The van der Waals surface area contributed by atoms with E-state index in [4.69, 9.17) is 9.15 Å². The summed E-state index contributed by atoms with van der Waals surface area (Å²) in [6.45, 7) is 1.18. The summed E-state index contributed by atoms with van der Waals surface area (Å²) < 4.78 is 10.3. The van der Waals surface area contributed by atoms with E-state index in [9.17, 15) is 9.90 Å². The first-order chi connectivity index (χ1) is 10.8. The largest absolute Gasteiger partial charge is 0.492 e. The van der Waals surface area contributed by atoms with Crippen LogP contribution < -0.4 is 15.4 Å². The number of ether oxygens (including phenoxy) is 1. The van der Waals surface area contributed by atoms with E-state index in [1.54, 1.807) is 6.07 Å². The third-order valence-corrected chi connectivity index (χ3v) is 3.03. The highest BCUT2D eigenvalue weighted by molar-refractivity contribution is 5.73. The van der Waals surface area contributed by atoms with Crippen LogP contribution in [0.3, 0.4) is 0 Å². The maximum Gasteiger partial charge on any atom is 0.314 e. The number of urea groups is 1. The summed E-state index contributed by atoms with van der Waals surface area (Å²) in [5, 5.41) is 15.2. The number of furan rings is 1. The molecular weight excluding hydrogens is 284 g/mol. The van der Waals surface area contributed by atoms with E-state index in [2.05, 4.69) is 10.6 Å². The third kappa shape index (κ3) is 5.49. The number of aliphatic hydroxyl groups is 1.